The van der Waals surface area contributed by atoms with Crippen molar-refractivity contribution in [3.63, 3.8) is 0 Å². The summed E-state index contributed by atoms with van der Waals surface area (Å²) >= 11 is 1.83. The summed E-state index contributed by atoms with van der Waals surface area (Å²) in [4.78, 5) is 1.31. The van der Waals surface area contributed by atoms with E-state index in [0.29, 0.717) is 18.3 Å². The van der Waals surface area contributed by atoms with Gasteiger partial charge >= 0.3 is 0 Å². The highest BCUT2D eigenvalue weighted by Crippen LogP contribution is 2.42. The van der Waals surface area contributed by atoms with Crippen LogP contribution in [0.2, 0.25) is 0 Å². The molecule has 2 heterocycles. The van der Waals surface area contributed by atoms with Gasteiger partial charge in [-0.1, -0.05) is 18.2 Å². The predicted molar refractivity (Wildman–Crippen MR) is 61.2 cm³/mol. The van der Waals surface area contributed by atoms with Crippen LogP contribution in [0.1, 0.15) is 23.3 Å². The smallest absolute Gasteiger partial charge is 0.230 e. The number of hydrogen-bond donors (Lipinski definition) is 1. The van der Waals surface area contributed by atoms with Crippen LogP contribution >= 0.6 is 11.8 Å². The number of hydrogen-bond acceptors (Lipinski definition) is 5. The van der Waals surface area contributed by atoms with Crippen molar-refractivity contribution in [1.82, 2.24) is 10.2 Å². The van der Waals surface area contributed by atoms with Gasteiger partial charge in [0.1, 0.15) is 0 Å². The first-order valence-electron chi connectivity index (χ1n) is 5.12. The molecule has 0 bridgehead atoms. The average molecular weight is 233 g/mol. The topological polar surface area (TPSA) is 64.9 Å². The number of nitrogens with zero attached hydrogens (tertiary/aromatic N) is 2. The SMILES string of the molecule is NCc1nnc(C2CSc3ccccc32)o1. The van der Waals surface area contributed by atoms with Crippen molar-refractivity contribution in [3.8, 4) is 0 Å². The maximum absolute atomic E-state index is 5.51. The van der Waals surface area contributed by atoms with E-state index in [1.807, 2.05) is 23.9 Å². The van der Waals surface area contributed by atoms with Gasteiger partial charge in [-0.3, -0.25) is 0 Å². The van der Waals surface area contributed by atoms with Gasteiger partial charge in [0, 0.05) is 10.6 Å². The van der Waals surface area contributed by atoms with Crippen LogP contribution in [0.3, 0.4) is 0 Å². The van der Waals surface area contributed by atoms with E-state index in [4.69, 9.17) is 10.2 Å². The molecular weight excluding hydrogens is 222 g/mol. The fourth-order valence-electron chi connectivity index (χ4n) is 1.86. The number of benzene rings is 1. The van der Waals surface area contributed by atoms with E-state index in [0.717, 1.165) is 5.75 Å². The number of nitrogens with two attached hydrogens (primary N) is 1. The van der Waals surface area contributed by atoms with Crippen molar-refractivity contribution in [1.29, 1.82) is 0 Å². The molecule has 1 aromatic carbocycles. The van der Waals surface area contributed by atoms with Crippen molar-refractivity contribution in [2.45, 2.75) is 17.4 Å². The van der Waals surface area contributed by atoms with E-state index in [2.05, 4.69) is 22.3 Å². The molecule has 1 aliphatic rings. The molecule has 82 valence electrons. The summed E-state index contributed by atoms with van der Waals surface area (Å²) in [6, 6.07) is 8.33. The molecule has 4 nitrogen and oxygen atoms in total. The number of rotatable bonds is 2. The molecule has 0 fully saturated rings. The van der Waals surface area contributed by atoms with Crippen LogP contribution in [0.4, 0.5) is 0 Å². The molecule has 1 aliphatic heterocycles. The van der Waals surface area contributed by atoms with Crippen molar-refractivity contribution < 1.29 is 4.42 Å². The summed E-state index contributed by atoms with van der Waals surface area (Å²) in [6.45, 7) is 0.300. The van der Waals surface area contributed by atoms with Gasteiger partial charge in [0.05, 0.1) is 12.5 Å². The second kappa shape index (κ2) is 3.92. The Labute approximate surface area is 97.2 Å². The third-order valence-electron chi connectivity index (χ3n) is 2.66. The van der Waals surface area contributed by atoms with Crippen molar-refractivity contribution in [2.24, 2.45) is 5.73 Å². The van der Waals surface area contributed by atoms with Crippen LogP contribution in [0.5, 0.6) is 0 Å². The molecular formula is C11H11N3OS. The first-order chi connectivity index (χ1) is 7.88. The minimum atomic E-state index is 0.217. The third-order valence-corrected chi connectivity index (χ3v) is 3.84. The Morgan fingerprint density at radius 1 is 1.38 bits per heavy atom. The molecule has 0 radical (unpaired) electrons. The molecule has 5 heteroatoms. The zero-order valence-electron chi connectivity index (χ0n) is 8.59. The standard InChI is InChI=1S/C11H11N3OS/c12-5-10-13-14-11(15-10)8-6-16-9-4-2-1-3-7(8)9/h1-4,8H,5-6,12H2. The molecule has 3 rings (SSSR count). The highest BCUT2D eigenvalue weighted by Gasteiger charge is 2.28. The van der Waals surface area contributed by atoms with Gasteiger partial charge in [-0.05, 0) is 11.6 Å². The minimum Gasteiger partial charge on any atom is -0.423 e. The lowest BCUT2D eigenvalue weighted by Crippen LogP contribution is -1.99. The zero-order chi connectivity index (χ0) is 11.0. The van der Waals surface area contributed by atoms with Gasteiger partial charge in [0.15, 0.2) is 0 Å². The van der Waals surface area contributed by atoms with Crippen LogP contribution in [-0.2, 0) is 6.54 Å². The van der Waals surface area contributed by atoms with Crippen LogP contribution in [0.15, 0.2) is 33.6 Å². The summed E-state index contributed by atoms with van der Waals surface area (Å²) in [6.07, 6.45) is 0. The molecule has 0 aliphatic carbocycles. The number of thioether (sulfide) groups is 1. The highest BCUT2D eigenvalue weighted by molar-refractivity contribution is 7.99. The van der Waals surface area contributed by atoms with Gasteiger partial charge in [0.25, 0.3) is 0 Å². The Kier molecular flexibility index (Phi) is 2.41. The summed E-state index contributed by atoms with van der Waals surface area (Å²) in [5.41, 5.74) is 6.73. The Bertz CT molecular complexity index is 511. The lowest BCUT2D eigenvalue weighted by atomic mass is 10.0. The van der Waals surface area contributed by atoms with Gasteiger partial charge in [-0.2, -0.15) is 0 Å². The number of aromatic nitrogens is 2. The molecule has 16 heavy (non-hydrogen) atoms. The Hall–Kier alpha value is -1.33. The van der Waals surface area contributed by atoms with Crippen molar-refractivity contribution in [3.05, 3.63) is 41.6 Å². The molecule has 0 saturated carbocycles. The molecule has 0 saturated heterocycles. The first-order valence-corrected chi connectivity index (χ1v) is 6.11. The van der Waals surface area contributed by atoms with Crippen molar-refractivity contribution >= 4 is 11.8 Å². The second-order valence-corrected chi connectivity index (χ2v) is 4.70. The van der Waals surface area contributed by atoms with Gasteiger partial charge < -0.3 is 10.2 Å². The molecule has 2 N–H and O–H groups in total. The number of fused-ring (bicyclic) bond motifs is 1. The fraction of sp³-hybridized carbons (Fsp3) is 0.273. The predicted octanol–water partition coefficient (Wildman–Crippen LogP) is 1.77. The lowest BCUT2D eigenvalue weighted by molar-refractivity contribution is 0.442. The molecule has 1 unspecified atom stereocenters. The van der Waals surface area contributed by atoms with Crippen LogP contribution < -0.4 is 5.73 Å². The minimum absolute atomic E-state index is 0.217. The van der Waals surface area contributed by atoms with Gasteiger partial charge in [-0.25, -0.2) is 0 Å². The maximum atomic E-state index is 5.51. The van der Waals surface area contributed by atoms with E-state index in [-0.39, 0.29) is 5.92 Å². The summed E-state index contributed by atoms with van der Waals surface area (Å²) in [5.74, 6) is 2.36. The quantitative estimate of drug-likeness (QED) is 0.856. The zero-order valence-corrected chi connectivity index (χ0v) is 9.41. The van der Waals surface area contributed by atoms with E-state index in [1.165, 1.54) is 10.5 Å². The van der Waals surface area contributed by atoms with E-state index in [9.17, 15) is 0 Å². The van der Waals surface area contributed by atoms with Crippen LogP contribution in [0, 0.1) is 0 Å². The molecule has 1 atom stereocenters. The van der Waals surface area contributed by atoms with E-state index < -0.39 is 0 Å². The van der Waals surface area contributed by atoms with Gasteiger partial charge in [0.2, 0.25) is 11.8 Å². The fourth-order valence-corrected chi connectivity index (χ4v) is 3.08. The van der Waals surface area contributed by atoms with E-state index in [1.54, 1.807) is 0 Å². The summed E-state index contributed by atoms with van der Waals surface area (Å²) in [5, 5.41) is 7.96. The average Bonchev–Trinajstić information content (AvgIpc) is 2.94. The molecule has 0 amide bonds. The summed E-state index contributed by atoms with van der Waals surface area (Å²) < 4.78 is 5.51. The van der Waals surface area contributed by atoms with Crippen molar-refractivity contribution in [2.75, 3.05) is 5.75 Å². The second-order valence-electron chi connectivity index (χ2n) is 3.64. The van der Waals surface area contributed by atoms with Crippen LogP contribution in [-0.4, -0.2) is 16.0 Å². The van der Waals surface area contributed by atoms with Crippen LogP contribution in [0.25, 0.3) is 0 Å². The third kappa shape index (κ3) is 1.52. The summed E-state index contributed by atoms with van der Waals surface area (Å²) in [7, 11) is 0. The molecule has 1 aromatic heterocycles. The van der Waals surface area contributed by atoms with E-state index >= 15 is 0 Å². The molecule has 0 spiro atoms. The lowest BCUT2D eigenvalue weighted by Gasteiger charge is -2.04. The highest BCUT2D eigenvalue weighted by atomic mass is 32.2. The Balaban J connectivity index is 1.98. The normalized spacial score (nSPS) is 18.7. The Morgan fingerprint density at radius 2 is 2.25 bits per heavy atom. The first kappa shape index (κ1) is 9.86. The monoisotopic (exact) mass is 233 g/mol. The molecule has 2 aromatic rings. The van der Waals surface area contributed by atoms with Gasteiger partial charge in [-0.15, -0.1) is 22.0 Å². The maximum Gasteiger partial charge on any atom is 0.230 e. The Morgan fingerprint density at radius 3 is 3.06 bits per heavy atom. The largest absolute Gasteiger partial charge is 0.423 e.